The Balaban J connectivity index is 2.42. The standard InChI is InChI=1S/C14H15N2O3Se/c1-3-19-13(18)11-8(2)15-14(20)16-12(11)9-4-6-10(17)7-5-9/h4-7,12,17H,3H2,1-2H3,(H,15,16). The van der Waals surface area contributed by atoms with Gasteiger partial charge in [-0.15, -0.1) is 0 Å². The van der Waals surface area contributed by atoms with Gasteiger partial charge in [0.1, 0.15) is 0 Å². The van der Waals surface area contributed by atoms with Gasteiger partial charge in [-0.2, -0.15) is 0 Å². The van der Waals surface area contributed by atoms with Crippen LogP contribution in [0.1, 0.15) is 25.5 Å². The molecule has 0 spiro atoms. The van der Waals surface area contributed by atoms with Crippen molar-refractivity contribution in [1.29, 1.82) is 0 Å². The molecule has 1 aromatic rings. The third-order valence-electron chi connectivity index (χ3n) is 2.92. The average molecular weight is 338 g/mol. The summed E-state index contributed by atoms with van der Waals surface area (Å²) in [7, 11) is 0. The van der Waals surface area contributed by atoms with Crippen molar-refractivity contribution in [3.63, 3.8) is 0 Å². The first kappa shape index (κ1) is 14.6. The number of ether oxygens (including phenoxy) is 1. The molecule has 6 heteroatoms. The maximum absolute atomic E-state index is 12.1. The van der Waals surface area contributed by atoms with Gasteiger partial charge < -0.3 is 0 Å². The molecule has 0 fully saturated rings. The third-order valence-corrected chi connectivity index (χ3v) is 3.36. The zero-order chi connectivity index (χ0) is 14.7. The summed E-state index contributed by atoms with van der Waals surface area (Å²) in [6.07, 6.45) is 0. The number of hydrogen-bond acceptors (Lipinski definition) is 5. The molecule has 0 saturated carbocycles. The Morgan fingerprint density at radius 2 is 2.10 bits per heavy atom. The second kappa shape index (κ2) is 6.11. The van der Waals surface area contributed by atoms with Gasteiger partial charge in [0, 0.05) is 0 Å². The first-order valence-corrected chi connectivity index (χ1v) is 7.07. The number of carbonyl (C=O) groups excluding carboxylic acids is 1. The second-order valence-corrected chi connectivity index (χ2v) is 5.12. The van der Waals surface area contributed by atoms with Crippen LogP contribution < -0.4 is 5.32 Å². The minimum atomic E-state index is -0.438. The summed E-state index contributed by atoms with van der Waals surface area (Å²) in [5.41, 5.74) is 2.02. The number of phenols is 1. The maximum atomic E-state index is 12.1. The van der Waals surface area contributed by atoms with Gasteiger partial charge in [0.2, 0.25) is 0 Å². The number of nitrogens with zero attached hydrogens (tertiary/aromatic N) is 1. The molecule has 105 valence electrons. The van der Waals surface area contributed by atoms with Gasteiger partial charge in [-0.3, -0.25) is 0 Å². The number of aromatic hydroxyl groups is 1. The number of aliphatic imine (C=N–C) groups is 1. The Morgan fingerprint density at radius 3 is 2.70 bits per heavy atom. The van der Waals surface area contributed by atoms with Crippen LogP contribution >= 0.6 is 0 Å². The van der Waals surface area contributed by atoms with E-state index in [1.165, 1.54) is 0 Å². The van der Waals surface area contributed by atoms with E-state index in [0.717, 1.165) is 5.56 Å². The van der Waals surface area contributed by atoms with E-state index in [1.54, 1.807) is 31.2 Å². The van der Waals surface area contributed by atoms with E-state index >= 15 is 0 Å². The van der Waals surface area contributed by atoms with E-state index in [0.29, 0.717) is 22.6 Å². The molecule has 0 aromatic heterocycles. The molecule has 20 heavy (non-hydrogen) atoms. The Labute approximate surface area is 125 Å². The number of amidine groups is 1. The Bertz CT molecular complexity index is 579. The summed E-state index contributed by atoms with van der Waals surface area (Å²) in [5.74, 6) is -0.208. The Hall–Kier alpha value is -1.78. The summed E-state index contributed by atoms with van der Waals surface area (Å²) in [6.45, 7) is 3.89. The third kappa shape index (κ3) is 3.03. The SMILES string of the molecule is CCOC(=O)C1=C(C)NC([Se])=NC1c1ccc(O)cc1. The number of rotatable bonds is 3. The van der Waals surface area contributed by atoms with E-state index in [-0.39, 0.29) is 11.7 Å². The molecule has 1 unspecified atom stereocenters. The number of phenolic OH excluding ortho intramolecular Hbond substituents is 1. The minimum absolute atomic E-state index is 0.174. The molecule has 1 aromatic carbocycles. The molecular formula is C14H15N2O3Se. The van der Waals surface area contributed by atoms with Crippen molar-refractivity contribution in [2.24, 2.45) is 4.99 Å². The van der Waals surface area contributed by atoms with Crippen molar-refractivity contribution in [1.82, 2.24) is 5.32 Å². The molecule has 0 aliphatic carbocycles. The van der Waals surface area contributed by atoms with Crippen LogP contribution in [0.4, 0.5) is 0 Å². The first-order valence-electron chi connectivity index (χ1n) is 6.21. The molecular weight excluding hydrogens is 323 g/mol. The van der Waals surface area contributed by atoms with Crippen molar-refractivity contribution in [3.8, 4) is 5.75 Å². The van der Waals surface area contributed by atoms with Crippen LogP contribution in [0.15, 0.2) is 40.5 Å². The van der Waals surface area contributed by atoms with Gasteiger partial charge in [0.05, 0.1) is 0 Å². The first-order chi connectivity index (χ1) is 9.52. The summed E-state index contributed by atoms with van der Waals surface area (Å²) >= 11 is 2.82. The van der Waals surface area contributed by atoms with Gasteiger partial charge in [-0.05, 0) is 0 Å². The van der Waals surface area contributed by atoms with E-state index in [4.69, 9.17) is 4.74 Å². The quantitative estimate of drug-likeness (QED) is 0.646. The predicted molar refractivity (Wildman–Crippen MR) is 76.5 cm³/mol. The van der Waals surface area contributed by atoms with Gasteiger partial charge in [-0.25, -0.2) is 0 Å². The molecule has 1 heterocycles. The number of allylic oxidation sites excluding steroid dienone is 1. The second-order valence-electron chi connectivity index (χ2n) is 4.31. The van der Waals surface area contributed by atoms with Crippen molar-refractivity contribution >= 4 is 26.7 Å². The van der Waals surface area contributed by atoms with E-state index in [9.17, 15) is 9.90 Å². The fourth-order valence-electron chi connectivity index (χ4n) is 2.02. The fourth-order valence-corrected chi connectivity index (χ4v) is 2.56. The van der Waals surface area contributed by atoms with Crippen LogP contribution in [0.2, 0.25) is 0 Å². The summed E-state index contributed by atoms with van der Waals surface area (Å²) in [6, 6.07) is 6.20. The van der Waals surface area contributed by atoms with Gasteiger partial charge in [0.15, 0.2) is 0 Å². The predicted octanol–water partition coefficient (Wildman–Crippen LogP) is 1.40. The number of carbonyl (C=O) groups is 1. The van der Waals surface area contributed by atoms with Crippen molar-refractivity contribution in [2.75, 3.05) is 6.61 Å². The van der Waals surface area contributed by atoms with Crippen molar-refractivity contribution in [2.45, 2.75) is 19.9 Å². The molecule has 2 rings (SSSR count). The summed E-state index contributed by atoms with van der Waals surface area (Å²) in [4.78, 5) is 16.5. The van der Waals surface area contributed by atoms with Gasteiger partial charge >= 0.3 is 125 Å². The van der Waals surface area contributed by atoms with E-state index in [1.807, 2.05) is 6.92 Å². The molecule has 0 amide bonds. The van der Waals surface area contributed by atoms with Crippen molar-refractivity contribution < 1.29 is 14.6 Å². The van der Waals surface area contributed by atoms with Gasteiger partial charge in [-0.1, -0.05) is 0 Å². The molecule has 1 radical (unpaired) electrons. The number of nitrogens with one attached hydrogen (secondary N) is 1. The molecule has 5 nitrogen and oxygen atoms in total. The van der Waals surface area contributed by atoms with Crippen molar-refractivity contribution in [3.05, 3.63) is 41.1 Å². The number of benzene rings is 1. The summed E-state index contributed by atoms with van der Waals surface area (Å²) in [5, 5.41) is 12.4. The van der Waals surface area contributed by atoms with E-state index in [2.05, 4.69) is 26.3 Å². The molecule has 0 saturated heterocycles. The zero-order valence-electron chi connectivity index (χ0n) is 11.2. The normalized spacial score (nSPS) is 18.3. The summed E-state index contributed by atoms with van der Waals surface area (Å²) < 4.78 is 5.72. The van der Waals surface area contributed by atoms with Crippen LogP contribution in [0.25, 0.3) is 0 Å². The zero-order valence-corrected chi connectivity index (χ0v) is 12.9. The van der Waals surface area contributed by atoms with Crippen LogP contribution in [0.3, 0.4) is 0 Å². The monoisotopic (exact) mass is 339 g/mol. The van der Waals surface area contributed by atoms with Crippen LogP contribution in [0.5, 0.6) is 5.75 Å². The topological polar surface area (TPSA) is 70.9 Å². The average Bonchev–Trinajstić information content (AvgIpc) is 2.38. The molecule has 2 N–H and O–H groups in total. The Kier molecular flexibility index (Phi) is 4.47. The molecule has 1 aliphatic rings. The number of hydrogen-bond donors (Lipinski definition) is 2. The van der Waals surface area contributed by atoms with Crippen LogP contribution in [-0.2, 0) is 9.53 Å². The van der Waals surface area contributed by atoms with Crippen LogP contribution in [-0.4, -0.2) is 38.4 Å². The fraction of sp³-hybridized carbons (Fsp3) is 0.286. The molecule has 0 bridgehead atoms. The number of esters is 1. The van der Waals surface area contributed by atoms with Crippen LogP contribution in [0, 0.1) is 0 Å². The van der Waals surface area contributed by atoms with Gasteiger partial charge in [0.25, 0.3) is 0 Å². The molecule has 1 atom stereocenters. The van der Waals surface area contributed by atoms with E-state index < -0.39 is 6.04 Å². The Morgan fingerprint density at radius 1 is 1.45 bits per heavy atom. The molecule has 1 aliphatic heterocycles.